The number of halogens is 2. The summed E-state index contributed by atoms with van der Waals surface area (Å²) in [4.78, 5) is 0. The van der Waals surface area contributed by atoms with Gasteiger partial charge in [0.25, 0.3) is 0 Å². The lowest BCUT2D eigenvalue weighted by molar-refractivity contribution is 0.270. The molecule has 0 bridgehead atoms. The van der Waals surface area contributed by atoms with Gasteiger partial charge in [0.05, 0.1) is 13.2 Å². The number of thiophene rings is 1. The maximum atomic E-state index is 5.75. The van der Waals surface area contributed by atoms with Crippen LogP contribution in [-0.2, 0) is 0 Å². The van der Waals surface area contributed by atoms with E-state index in [2.05, 4.69) is 11.4 Å². The van der Waals surface area contributed by atoms with Crippen LogP contribution in [0.2, 0.25) is 0 Å². The molecule has 0 atom stereocenters. The van der Waals surface area contributed by atoms with E-state index in [9.17, 15) is 0 Å². The topological polar surface area (TPSA) is 18.5 Å². The molecule has 2 nitrogen and oxygen atoms in total. The van der Waals surface area contributed by atoms with Gasteiger partial charge in [-0.25, -0.2) is 0 Å². The summed E-state index contributed by atoms with van der Waals surface area (Å²) in [6.07, 6.45) is 1.65. The molecule has 0 aliphatic rings. The third-order valence-electron chi connectivity index (χ3n) is 2.59. The van der Waals surface area contributed by atoms with Crippen LogP contribution in [0.3, 0.4) is 0 Å². The third-order valence-corrected chi connectivity index (χ3v) is 4.00. The molecule has 0 aliphatic carbocycles. The van der Waals surface area contributed by atoms with Crippen molar-refractivity contribution in [2.75, 3.05) is 25.0 Å². The molecule has 0 fully saturated rings. The monoisotopic (exact) mass is 318 g/mol. The second-order valence-corrected chi connectivity index (χ2v) is 5.74. The average Bonchev–Trinajstić information content (AvgIpc) is 2.86. The maximum absolute atomic E-state index is 5.75. The van der Waals surface area contributed by atoms with E-state index in [0.29, 0.717) is 25.0 Å². The number of fused-ring (bicyclic) bond motifs is 1. The number of benzene rings is 1. The summed E-state index contributed by atoms with van der Waals surface area (Å²) in [5.41, 5.74) is 0. The Labute approximate surface area is 127 Å². The highest BCUT2D eigenvalue weighted by Gasteiger charge is 2.08. The molecule has 0 radical (unpaired) electrons. The summed E-state index contributed by atoms with van der Waals surface area (Å²) in [5.74, 6) is 2.77. The third kappa shape index (κ3) is 4.16. The number of alkyl halides is 2. The van der Waals surface area contributed by atoms with Gasteiger partial charge >= 0.3 is 0 Å². The van der Waals surface area contributed by atoms with E-state index in [1.807, 2.05) is 12.1 Å². The number of rotatable bonds is 8. The van der Waals surface area contributed by atoms with Gasteiger partial charge in [0.2, 0.25) is 0 Å². The lowest BCUT2D eigenvalue weighted by atomic mass is 10.2. The zero-order valence-corrected chi connectivity index (χ0v) is 12.9. The summed E-state index contributed by atoms with van der Waals surface area (Å²) < 4.78 is 12.7. The molecule has 2 rings (SSSR count). The predicted molar refractivity (Wildman–Crippen MR) is 83.5 cm³/mol. The van der Waals surface area contributed by atoms with Gasteiger partial charge in [-0.2, -0.15) is 0 Å². The first-order valence-corrected chi connectivity index (χ1v) is 8.19. The van der Waals surface area contributed by atoms with Gasteiger partial charge < -0.3 is 9.47 Å². The Morgan fingerprint density at radius 1 is 0.947 bits per heavy atom. The molecule has 1 aromatic carbocycles. The van der Waals surface area contributed by atoms with Crippen LogP contribution in [0.4, 0.5) is 0 Å². The summed E-state index contributed by atoms with van der Waals surface area (Å²) in [6.45, 7) is 1.21. The van der Waals surface area contributed by atoms with Gasteiger partial charge in [-0.15, -0.1) is 34.5 Å². The fourth-order valence-corrected chi connectivity index (χ4v) is 2.69. The largest absolute Gasteiger partial charge is 0.490 e. The molecule has 0 amide bonds. The maximum Gasteiger partial charge on any atom is 0.162 e. The Balaban J connectivity index is 2.15. The van der Waals surface area contributed by atoms with Gasteiger partial charge in [-0.05, 0) is 35.7 Å². The zero-order chi connectivity index (χ0) is 13.5. The first-order chi connectivity index (χ1) is 9.35. The van der Waals surface area contributed by atoms with E-state index in [1.54, 1.807) is 11.3 Å². The molecule has 104 valence electrons. The molecule has 0 saturated carbocycles. The highest BCUT2D eigenvalue weighted by molar-refractivity contribution is 7.17. The van der Waals surface area contributed by atoms with Gasteiger partial charge in [0.1, 0.15) is 0 Å². The van der Waals surface area contributed by atoms with Gasteiger partial charge in [0, 0.05) is 22.5 Å². The fraction of sp³-hybridized carbons (Fsp3) is 0.429. The molecule has 19 heavy (non-hydrogen) atoms. The van der Waals surface area contributed by atoms with Crippen molar-refractivity contribution < 1.29 is 9.47 Å². The van der Waals surface area contributed by atoms with Crippen LogP contribution in [0.5, 0.6) is 11.5 Å². The van der Waals surface area contributed by atoms with E-state index in [1.165, 1.54) is 10.1 Å². The highest BCUT2D eigenvalue weighted by atomic mass is 35.5. The van der Waals surface area contributed by atoms with E-state index in [-0.39, 0.29) is 0 Å². The standard InChI is InChI=1S/C14H16Cl2O2S/c15-4-1-6-17-12-9-11-3-8-19-14(11)10-13(12)18-7-2-5-16/h3,8-10H,1-2,4-7H2. The normalized spacial score (nSPS) is 10.8. The van der Waals surface area contributed by atoms with Gasteiger partial charge in [-0.3, -0.25) is 0 Å². The van der Waals surface area contributed by atoms with E-state index in [0.717, 1.165) is 24.3 Å². The molecular weight excluding hydrogens is 303 g/mol. The predicted octanol–water partition coefficient (Wildman–Crippen LogP) is 4.92. The summed E-state index contributed by atoms with van der Waals surface area (Å²) in [6, 6.07) is 6.14. The second-order valence-electron chi connectivity index (χ2n) is 4.04. The van der Waals surface area contributed by atoms with Crippen molar-refractivity contribution in [2.24, 2.45) is 0 Å². The van der Waals surface area contributed by atoms with E-state index >= 15 is 0 Å². The minimum Gasteiger partial charge on any atom is -0.490 e. The molecule has 0 saturated heterocycles. The molecule has 0 N–H and O–H groups in total. The van der Waals surface area contributed by atoms with Gasteiger partial charge in [0.15, 0.2) is 11.5 Å². The quantitative estimate of drug-likeness (QED) is 0.508. The number of hydrogen-bond donors (Lipinski definition) is 0. The van der Waals surface area contributed by atoms with E-state index in [4.69, 9.17) is 32.7 Å². The first-order valence-electron chi connectivity index (χ1n) is 6.24. The summed E-state index contributed by atoms with van der Waals surface area (Å²) in [5, 5.41) is 3.24. The molecule has 0 spiro atoms. The van der Waals surface area contributed by atoms with Crippen LogP contribution in [0, 0.1) is 0 Å². The molecule has 1 aromatic heterocycles. The summed E-state index contributed by atoms with van der Waals surface area (Å²) in [7, 11) is 0. The Morgan fingerprint density at radius 2 is 1.58 bits per heavy atom. The minimum absolute atomic E-state index is 0.600. The molecule has 0 aliphatic heterocycles. The van der Waals surface area contributed by atoms with E-state index < -0.39 is 0 Å². The number of hydrogen-bond acceptors (Lipinski definition) is 3. The van der Waals surface area contributed by atoms with Crippen LogP contribution in [0.15, 0.2) is 23.6 Å². The average molecular weight is 319 g/mol. The van der Waals surface area contributed by atoms with Crippen molar-refractivity contribution in [1.29, 1.82) is 0 Å². The smallest absolute Gasteiger partial charge is 0.162 e. The minimum atomic E-state index is 0.600. The van der Waals surface area contributed by atoms with Crippen molar-refractivity contribution in [1.82, 2.24) is 0 Å². The lowest BCUT2D eigenvalue weighted by Gasteiger charge is -2.12. The lowest BCUT2D eigenvalue weighted by Crippen LogP contribution is -2.03. The van der Waals surface area contributed by atoms with Crippen LogP contribution in [0.1, 0.15) is 12.8 Å². The van der Waals surface area contributed by atoms with Crippen LogP contribution in [-0.4, -0.2) is 25.0 Å². The summed E-state index contributed by atoms with van der Waals surface area (Å²) >= 11 is 13.0. The van der Waals surface area contributed by atoms with Crippen molar-refractivity contribution in [3.8, 4) is 11.5 Å². The van der Waals surface area contributed by atoms with Crippen LogP contribution < -0.4 is 9.47 Å². The highest BCUT2D eigenvalue weighted by Crippen LogP contribution is 2.35. The van der Waals surface area contributed by atoms with Crippen LogP contribution >= 0.6 is 34.5 Å². The van der Waals surface area contributed by atoms with Crippen molar-refractivity contribution in [3.05, 3.63) is 23.6 Å². The first kappa shape index (κ1) is 14.8. The van der Waals surface area contributed by atoms with Gasteiger partial charge in [-0.1, -0.05) is 0 Å². The van der Waals surface area contributed by atoms with Crippen molar-refractivity contribution in [2.45, 2.75) is 12.8 Å². The zero-order valence-electron chi connectivity index (χ0n) is 10.5. The Bertz CT molecular complexity index is 469. The van der Waals surface area contributed by atoms with Crippen LogP contribution in [0.25, 0.3) is 10.1 Å². The van der Waals surface area contributed by atoms with Crippen molar-refractivity contribution in [3.63, 3.8) is 0 Å². The SMILES string of the molecule is ClCCCOc1cc2ccsc2cc1OCCCCl. The molecular formula is C14H16Cl2O2S. The molecule has 0 unspecified atom stereocenters. The molecule has 2 aromatic rings. The second kappa shape index (κ2) is 7.83. The molecule has 1 heterocycles. The molecule has 5 heteroatoms. The Morgan fingerprint density at radius 3 is 2.21 bits per heavy atom. The Hall–Kier alpha value is -0.640. The van der Waals surface area contributed by atoms with Crippen molar-refractivity contribution >= 4 is 44.6 Å². The number of ether oxygens (including phenoxy) is 2. The fourth-order valence-electron chi connectivity index (χ4n) is 1.67. The Kier molecular flexibility index (Phi) is 6.08.